The Morgan fingerprint density at radius 2 is 1.83 bits per heavy atom. The molecule has 1 aromatic carbocycles. The second-order valence-corrected chi connectivity index (χ2v) is 6.47. The average Bonchev–Trinajstić information content (AvgIpc) is 3.22. The Morgan fingerprint density at radius 1 is 1.10 bits per heavy atom. The van der Waals surface area contributed by atoms with Crippen LogP contribution in [0.2, 0.25) is 0 Å². The SMILES string of the molecule is CCOC(=O)N1CCN(c2ncc(C(=O)Nc3ccc4c(c3)OCO4)cn2)CC1. The highest BCUT2D eigenvalue weighted by Gasteiger charge is 2.23. The summed E-state index contributed by atoms with van der Waals surface area (Å²) in [7, 11) is 0. The third-order valence-electron chi connectivity index (χ3n) is 4.62. The molecule has 2 amide bonds. The molecule has 1 N–H and O–H groups in total. The molecule has 3 heterocycles. The Kier molecular flexibility index (Phi) is 5.32. The molecule has 29 heavy (non-hydrogen) atoms. The quantitative estimate of drug-likeness (QED) is 0.829. The maximum atomic E-state index is 12.4. The van der Waals surface area contributed by atoms with E-state index in [-0.39, 0.29) is 18.8 Å². The molecule has 1 fully saturated rings. The summed E-state index contributed by atoms with van der Waals surface area (Å²) in [6, 6.07) is 5.19. The second-order valence-electron chi connectivity index (χ2n) is 6.47. The van der Waals surface area contributed by atoms with Crippen molar-refractivity contribution in [3.63, 3.8) is 0 Å². The first-order chi connectivity index (χ1) is 14.1. The minimum Gasteiger partial charge on any atom is -0.454 e. The molecule has 0 atom stereocenters. The van der Waals surface area contributed by atoms with Gasteiger partial charge in [-0.2, -0.15) is 0 Å². The lowest BCUT2D eigenvalue weighted by molar-refractivity contribution is 0.102. The summed E-state index contributed by atoms with van der Waals surface area (Å²) in [5.41, 5.74) is 0.940. The third-order valence-corrected chi connectivity index (χ3v) is 4.62. The summed E-state index contributed by atoms with van der Waals surface area (Å²) in [6.07, 6.45) is 2.67. The van der Waals surface area contributed by atoms with Crippen LogP contribution in [0.3, 0.4) is 0 Å². The van der Waals surface area contributed by atoms with Gasteiger partial charge in [0.15, 0.2) is 11.5 Å². The van der Waals surface area contributed by atoms with E-state index >= 15 is 0 Å². The highest BCUT2D eigenvalue weighted by molar-refractivity contribution is 6.04. The van der Waals surface area contributed by atoms with Crippen LogP contribution >= 0.6 is 0 Å². The van der Waals surface area contributed by atoms with Crippen molar-refractivity contribution in [2.45, 2.75) is 6.92 Å². The standard InChI is InChI=1S/C19H21N5O5/c1-2-27-19(26)24-7-5-23(6-8-24)18-20-10-13(11-21-18)17(25)22-14-3-4-15-16(9-14)29-12-28-15/h3-4,9-11H,2,5-8,12H2,1H3,(H,22,25). The normalized spacial score (nSPS) is 15.2. The minimum atomic E-state index is -0.317. The Balaban J connectivity index is 1.34. The number of carbonyl (C=O) groups excluding carboxylic acids is 2. The van der Waals surface area contributed by atoms with Crippen molar-refractivity contribution in [1.82, 2.24) is 14.9 Å². The minimum absolute atomic E-state index is 0.177. The van der Waals surface area contributed by atoms with Crippen LogP contribution < -0.4 is 19.7 Å². The molecule has 4 rings (SSSR count). The van der Waals surface area contributed by atoms with Crippen molar-refractivity contribution in [3.8, 4) is 11.5 Å². The molecule has 0 saturated carbocycles. The molecule has 0 spiro atoms. The van der Waals surface area contributed by atoms with Crippen LogP contribution in [0.15, 0.2) is 30.6 Å². The van der Waals surface area contributed by atoms with Gasteiger partial charge in [0.2, 0.25) is 12.7 Å². The monoisotopic (exact) mass is 399 g/mol. The highest BCUT2D eigenvalue weighted by Crippen LogP contribution is 2.34. The summed E-state index contributed by atoms with van der Waals surface area (Å²) in [5, 5.41) is 2.79. The Hall–Kier alpha value is -3.56. The van der Waals surface area contributed by atoms with Gasteiger partial charge in [0, 0.05) is 50.3 Å². The zero-order valence-electron chi connectivity index (χ0n) is 16.0. The summed E-state index contributed by atoms with van der Waals surface area (Å²) in [4.78, 5) is 36.4. The molecule has 10 nitrogen and oxygen atoms in total. The Labute approximate surface area is 167 Å². The number of hydrogen-bond acceptors (Lipinski definition) is 8. The van der Waals surface area contributed by atoms with Gasteiger partial charge in [0.25, 0.3) is 5.91 Å². The topological polar surface area (TPSA) is 106 Å². The predicted molar refractivity (Wildman–Crippen MR) is 103 cm³/mol. The first kappa shape index (κ1) is 18.8. The number of ether oxygens (including phenoxy) is 3. The van der Waals surface area contributed by atoms with Crippen LogP contribution in [0.25, 0.3) is 0 Å². The van der Waals surface area contributed by atoms with Gasteiger partial charge >= 0.3 is 6.09 Å². The van der Waals surface area contributed by atoms with Crippen LogP contribution in [0.5, 0.6) is 11.5 Å². The molecular weight excluding hydrogens is 378 g/mol. The fourth-order valence-corrected chi connectivity index (χ4v) is 3.08. The van der Waals surface area contributed by atoms with Crippen molar-refractivity contribution in [2.75, 3.05) is 49.8 Å². The molecule has 2 aliphatic rings. The van der Waals surface area contributed by atoms with Crippen molar-refractivity contribution < 1.29 is 23.8 Å². The number of hydrogen-bond donors (Lipinski definition) is 1. The van der Waals surface area contributed by atoms with Gasteiger partial charge in [-0.1, -0.05) is 0 Å². The van der Waals surface area contributed by atoms with Crippen molar-refractivity contribution in [3.05, 3.63) is 36.2 Å². The molecule has 0 unspecified atom stereocenters. The lowest BCUT2D eigenvalue weighted by atomic mass is 10.2. The van der Waals surface area contributed by atoms with Gasteiger partial charge in [0.05, 0.1) is 12.2 Å². The van der Waals surface area contributed by atoms with E-state index in [1.54, 1.807) is 30.0 Å². The molecule has 0 radical (unpaired) electrons. The van der Waals surface area contributed by atoms with E-state index in [1.807, 2.05) is 4.90 Å². The smallest absolute Gasteiger partial charge is 0.409 e. The van der Waals surface area contributed by atoms with E-state index in [0.29, 0.717) is 61.5 Å². The zero-order chi connectivity index (χ0) is 20.2. The van der Waals surface area contributed by atoms with E-state index in [0.717, 1.165) is 0 Å². The maximum absolute atomic E-state index is 12.4. The van der Waals surface area contributed by atoms with Gasteiger partial charge in [-0.05, 0) is 19.1 Å². The predicted octanol–water partition coefficient (Wildman–Crippen LogP) is 1.74. The molecule has 1 saturated heterocycles. The largest absolute Gasteiger partial charge is 0.454 e. The van der Waals surface area contributed by atoms with Gasteiger partial charge in [-0.25, -0.2) is 14.8 Å². The number of amides is 2. The average molecular weight is 399 g/mol. The van der Waals surface area contributed by atoms with Crippen LogP contribution in [0, 0.1) is 0 Å². The summed E-state index contributed by atoms with van der Waals surface area (Å²) < 4.78 is 15.6. The maximum Gasteiger partial charge on any atom is 0.409 e. The van der Waals surface area contributed by atoms with Gasteiger partial charge < -0.3 is 29.3 Å². The number of carbonyl (C=O) groups is 2. The molecule has 2 aromatic rings. The Morgan fingerprint density at radius 3 is 2.55 bits per heavy atom. The van der Waals surface area contributed by atoms with Gasteiger partial charge in [-0.15, -0.1) is 0 Å². The zero-order valence-corrected chi connectivity index (χ0v) is 16.0. The van der Waals surface area contributed by atoms with Gasteiger partial charge in [0.1, 0.15) is 0 Å². The third kappa shape index (κ3) is 4.15. The number of nitrogens with one attached hydrogen (secondary N) is 1. The number of fused-ring (bicyclic) bond motifs is 1. The van der Waals surface area contributed by atoms with Crippen molar-refractivity contribution in [1.29, 1.82) is 0 Å². The van der Waals surface area contributed by atoms with E-state index < -0.39 is 0 Å². The van der Waals surface area contributed by atoms with Crippen LogP contribution in [0.1, 0.15) is 17.3 Å². The van der Waals surface area contributed by atoms with Crippen molar-refractivity contribution >= 4 is 23.6 Å². The lowest BCUT2D eigenvalue weighted by Gasteiger charge is -2.33. The van der Waals surface area contributed by atoms with E-state index in [2.05, 4.69) is 15.3 Å². The summed E-state index contributed by atoms with van der Waals surface area (Å²) in [5.74, 6) is 1.45. The van der Waals surface area contributed by atoms with Crippen LogP contribution in [-0.4, -0.2) is 66.4 Å². The van der Waals surface area contributed by atoms with Crippen LogP contribution in [0.4, 0.5) is 16.4 Å². The fraction of sp³-hybridized carbons (Fsp3) is 0.368. The lowest BCUT2D eigenvalue weighted by Crippen LogP contribution is -2.49. The molecule has 10 heteroatoms. The summed E-state index contributed by atoms with van der Waals surface area (Å²) in [6.45, 7) is 4.59. The first-order valence-electron chi connectivity index (χ1n) is 9.33. The second kappa shape index (κ2) is 8.21. The number of rotatable bonds is 4. The van der Waals surface area contributed by atoms with E-state index in [4.69, 9.17) is 14.2 Å². The van der Waals surface area contributed by atoms with E-state index in [9.17, 15) is 9.59 Å². The number of piperazine rings is 1. The number of nitrogens with zero attached hydrogens (tertiary/aromatic N) is 4. The van der Waals surface area contributed by atoms with E-state index in [1.165, 1.54) is 12.4 Å². The number of benzene rings is 1. The summed E-state index contributed by atoms with van der Waals surface area (Å²) >= 11 is 0. The molecule has 152 valence electrons. The van der Waals surface area contributed by atoms with Crippen LogP contribution in [-0.2, 0) is 4.74 Å². The van der Waals surface area contributed by atoms with Crippen molar-refractivity contribution in [2.24, 2.45) is 0 Å². The number of aromatic nitrogens is 2. The molecular formula is C19H21N5O5. The molecule has 2 aliphatic heterocycles. The van der Waals surface area contributed by atoms with Gasteiger partial charge in [-0.3, -0.25) is 4.79 Å². The molecule has 0 bridgehead atoms. The molecule has 1 aromatic heterocycles. The first-order valence-corrected chi connectivity index (χ1v) is 9.33. The number of anilines is 2. The fourth-order valence-electron chi connectivity index (χ4n) is 3.08. The molecule has 0 aliphatic carbocycles. The highest BCUT2D eigenvalue weighted by atomic mass is 16.7. The Bertz CT molecular complexity index is 896.